The van der Waals surface area contributed by atoms with Gasteiger partial charge in [0, 0.05) is 20.6 Å². The Balaban J connectivity index is 1.74. The second-order valence-electron chi connectivity index (χ2n) is 6.42. The third-order valence-electron chi connectivity index (χ3n) is 4.32. The maximum Gasteiger partial charge on any atom is 0.368 e. The summed E-state index contributed by atoms with van der Waals surface area (Å²) in [5.74, 6) is -0.608. The Kier molecular flexibility index (Phi) is 5.95. The highest BCUT2D eigenvalue weighted by molar-refractivity contribution is 9.10. The van der Waals surface area contributed by atoms with Gasteiger partial charge in [0.2, 0.25) is 0 Å². The maximum absolute atomic E-state index is 12.7. The van der Waals surface area contributed by atoms with Crippen LogP contribution in [0.15, 0.2) is 92.9 Å². The van der Waals surface area contributed by atoms with E-state index in [2.05, 4.69) is 21.1 Å². The Morgan fingerprint density at radius 2 is 1.71 bits per heavy atom. The first-order valence-electron chi connectivity index (χ1n) is 8.90. The van der Waals surface area contributed by atoms with Crippen LogP contribution in [0.3, 0.4) is 0 Å². The number of halogens is 2. The van der Waals surface area contributed by atoms with Gasteiger partial charge in [-0.15, -0.1) is 0 Å². The number of hydrogen-bond donors (Lipinski definition) is 0. The van der Waals surface area contributed by atoms with Gasteiger partial charge < -0.3 is 9.02 Å². The number of benzene rings is 3. The molecule has 156 valence electrons. The topological polar surface area (TPSA) is 82.0 Å². The number of rotatable bonds is 5. The minimum Gasteiger partial charge on any atom is -0.378 e. The summed E-state index contributed by atoms with van der Waals surface area (Å²) in [6.07, 6.45) is 1.48. The van der Waals surface area contributed by atoms with Crippen LogP contribution in [0.2, 0.25) is 5.02 Å². The molecule has 0 atom stereocenters. The fourth-order valence-electron chi connectivity index (χ4n) is 2.84. The van der Waals surface area contributed by atoms with Crippen LogP contribution in [0.4, 0.5) is 0 Å². The van der Waals surface area contributed by atoms with Crippen molar-refractivity contribution < 1.29 is 22.2 Å². The molecule has 9 heteroatoms. The first-order chi connectivity index (χ1) is 14.8. The zero-order valence-corrected chi connectivity index (χ0v) is 18.8. The van der Waals surface area contributed by atoms with Gasteiger partial charge in [-0.05, 0) is 48.5 Å². The Morgan fingerprint density at radius 1 is 1.00 bits per heavy atom. The standard InChI is InChI=1S/C22H13BrClNO5S/c23-16-6-11-20(30-31(27,28)18-9-7-17(24)8-10-18)15(12-16)13-19-21(25-29-22(19)26)14-4-2-1-3-5-14/h1-13H/b19-13-. The van der Waals surface area contributed by atoms with Gasteiger partial charge in [0.25, 0.3) is 0 Å². The van der Waals surface area contributed by atoms with Gasteiger partial charge in [-0.3, -0.25) is 0 Å². The molecule has 0 amide bonds. The fraction of sp³-hybridized carbons (Fsp3) is 0. The van der Waals surface area contributed by atoms with E-state index < -0.39 is 16.1 Å². The Bertz CT molecular complexity index is 1320. The van der Waals surface area contributed by atoms with Crippen molar-refractivity contribution in [1.82, 2.24) is 0 Å². The molecule has 3 aromatic rings. The second kappa shape index (κ2) is 8.66. The van der Waals surface area contributed by atoms with Crippen LogP contribution in [0.25, 0.3) is 6.08 Å². The van der Waals surface area contributed by atoms with Crippen molar-refractivity contribution in [3.63, 3.8) is 0 Å². The van der Waals surface area contributed by atoms with Crippen LogP contribution in [0.1, 0.15) is 11.1 Å². The normalized spacial score (nSPS) is 15.0. The summed E-state index contributed by atoms with van der Waals surface area (Å²) in [7, 11) is -4.13. The van der Waals surface area contributed by atoms with Crippen molar-refractivity contribution in [3.8, 4) is 5.75 Å². The third-order valence-corrected chi connectivity index (χ3v) is 6.31. The van der Waals surface area contributed by atoms with E-state index in [1.54, 1.807) is 24.3 Å². The number of carbonyl (C=O) groups is 1. The van der Waals surface area contributed by atoms with Crippen LogP contribution in [-0.4, -0.2) is 20.1 Å². The quantitative estimate of drug-likeness (QED) is 0.263. The molecular weight excluding hydrogens is 506 g/mol. The number of carbonyl (C=O) groups excluding carboxylic acids is 1. The molecule has 1 heterocycles. The molecule has 0 saturated carbocycles. The fourth-order valence-corrected chi connectivity index (χ4v) is 4.30. The Hall–Kier alpha value is -2.94. The summed E-state index contributed by atoms with van der Waals surface area (Å²) in [4.78, 5) is 17.1. The highest BCUT2D eigenvalue weighted by Crippen LogP contribution is 2.30. The van der Waals surface area contributed by atoms with Crippen molar-refractivity contribution in [3.05, 3.63) is 99.0 Å². The molecule has 1 aliphatic rings. The van der Waals surface area contributed by atoms with Crippen molar-refractivity contribution in [2.24, 2.45) is 5.16 Å². The first kappa shape index (κ1) is 21.3. The van der Waals surface area contributed by atoms with E-state index in [1.165, 1.54) is 36.4 Å². The lowest BCUT2D eigenvalue weighted by Crippen LogP contribution is -2.11. The minimum atomic E-state index is -4.13. The molecule has 31 heavy (non-hydrogen) atoms. The molecule has 4 rings (SSSR count). The summed E-state index contributed by atoms with van der Waals surface area (Å²) >= 11 is 9.19. The summed E-state index contributed by atoms with van der Waals surface area (Å²) in [6.45, 7) is 0. The van der Waals surface area contributed by atoms with Crippen LogP contribution < -0.4 is 4.18 Å². The van der Waals surface area contributed by atoms with Crippen LogP contribution in [0, 0.1) is 0 Å². The highest BCUT2D eigenvalue weighted by Gasteiger charge is 2.27. The average molecular weight is 519 g/mol. The Labute approximate surface area is 192 Å². The largest absolute Gasteiger partial charge is 0.378 e. The molecule has 0 saturated heterocycles. The Morgan fingerprint density at radius 3 is 2.42 bits per heavy atom. The SMILES string of the molecule is O=C1ON=C(c2ccccc2)/C1=C/c1cc(Br)ccc1OS(=O)(=O)c1ccc(Cl)cc1. The van der Waals surface area contributed by atoms with Crippen LogP contribution in [-0.2, 0) is 19.8 Å². The summed E-state index contributed by atoms with van der Waals surface area (Å²) in [5.41, 5.74) is 1.56. The molecule has 0 bridgehead atoms. The van der Waals surface area contributed by atoms with Crippen molar-refractivity contribution in [2.45, 2.75) is 4.90 Å². The summed E-state index contributed by atoms with van der Waals surface area (Å²) < 4.78 is 31.5. The van der Waals surface area contributed by atoms with Gasteiger partial charge in [0.05, 0.1) is 5.57 Å². The van der Waals surface area contributed by atoms with Crippen LogP contribution >= 0.6 is 27.5 Å². The highest BCUT2D eigenvalue weighted by atomic mass is 79.9. The second-order valence-corrected chi connectivity index (χ2v) is 9.31. The molecule has 3 aromatic carbocycles. The van der Waals surface area contributed by atoms with Crippen molar-refractivity contribution >= 4 is 55.4 Å². The molecule has 1 aliphatic heterocycles. The van der Waals surface area contributed by atoms with E-state index in [9.17, 15) is 13.2 Å². The molecule has 0 unspecified atom stereocenters. The van der Waals surface area contributed by atoms with E-state index in [4.69, 9.17) is 20.6 Å². The lowest BCUT2D eigenvalue weighted by atomic mass is 10.0. The van der Waals surface area contributed by atoms with Gasteiger partial charge in [-0.25, -0.2) is 4.79 Å². The first-order valence-corrected chi connectivity index (χ1v) is 11.5. The molecule has 0 aromatic heterocycles. The van der Waals surface area contributed by atoms with Gasteiger partial charge >= 0.3 is 16.1 Å². The van der Waals surface area contributed by atoms with Gasteiger partial charge in [0.15, 0.2) is 0 Å². The average Bonchev–Trinajstić information content (AvgIpc) is 3.11. The molecule has 0 fully saturated rings. The lowest BCUT2D eigenvalue weighted by Gasteiger charge is -2.11. The van der Waals surface area contributed by atoms with E-state index in [1.807, 2.05) is 18.2 Å². The van der Waals surface area contributed by atoms with Gasteiger partial charge in [-0.2, -0.15) is 8.42 Å². The third kappa shape index (κ3) is 4.71. The molecular formula is C22H13BrClNO5S. The van der Waals surface area contributed by atoms with E-state index in [0.717, 1.165) is 0 Å². The van der Waals surface area contributed by atoms with E-state index in [0.29, 0.717) is 26.3 Å². The zero-order chi connectivity index (χ0) is 22.0. The summed E-state index contributed by atoms with van der Waals surface area (Å²) in [5, 5.41) is 4.27. The molecule has 0 N–H and O–H groups in total. The van der Waals surface area contributed by atoms with E-state index in [-0.39, 0.29) is 16.2 Å². The predicted octanol–water partition coefficient (Wildman–Crippen LogP) is 5.21. The van der Waals surface area contributed by atoms with Crippen molar-refractivity contribution in [2.75, 3.05) is 0 Å². The zero-order valence-electron chi connectivity index (χ0n) is 15.7. The molecule has 0 radical (unpaired) electrons. The lowest BCUT2D eigenvalue weighted by molar-refractivity contribution is -0.136. The number of nitrogens with zero attached hydrogens (tertiary/aromatic N) is 1. The minimum absolute atomic E-state index is 0.0396. The summed E-state index contributed by atoms with van der Waals surface area (Å²) in [6, 6.07) is 19.4. The maximum atomic E-state index is 12.7. The van der Waals surface area contributed by atoms with Gasteiger partial charge in [-0.1, -0.05) is 63.0 Å². The molecule has 6 nitrogen and oxygen atoms in total. The number of hydrogen-bond acceptors (Lipinski definition) is 6. The van der Waals surface area contributed by atoms with Gasteiger partial charge in [0.1, 0.15) is 16.4 Å². The smallest absolute Gasteiger partial charge is 0.368 e. The number of oxime groups is 1. The molecule has 0 aliphatic carbocycles. The van der Waals surface area contributed by atoms with Crippen molar-refractivity contribution in [1.29, 1.82) is 0 Å². The van der Waals surface area contributed by atoms with Crippen LogP contribution in [0.5, 0.6) is 5.75 Å². The predicted molar refractivity (Wildman–Crippen MR) is 120 cm³/mol. The van der Waals surface area contributed by atoms with E-state index >= 15 is 0 Å². The monoisotopic (exact) mass is 517 g/mol. The molecule has 0 spiro atoms.